The van der Waals surface area contributed by atoms with Crippen LogP contribution in [0.5, 0.6) is 0 Å². The van der Waals surface area contributed by atoms with Crippen molar-refractivity contribution in [1.82, 2.24) is 0 Å². The predicted molar refractivity (Wildman–Crippen MR) is 124 cm³/mol. The van der Waals surface area contributed by atoms with E-state index in [-0.39, 0.29) is 11.8 Å². The molecule has 3 aliphatic carbocycles. The zero-order valence-electron chi connectivity index (χ0n) is 20.3. The van der Waals surface area contributed by atoms with Gasteiger partial charge >= 0.3 is 6.18 Å². The highest BCUT2D eigenvalue weighted by atomic mass is 19.4. The Hall–Kier alpha value is -1.11. The van der Waals surface area contributed by atoms with Crippen molar-refractivity contribution < 1.29 is 28.5 Å². The number of aliphatic hydroxyl groups excluding tert-OH is 2. The van der Waals surface area contributed by atoms with Crippen molar-refractivity contribution in [1.29, 1.82) is 0 Å². The summed E-state index contributed by atoms with van der Waals surface area (Å²) >= 11 is 0. The van der Waals surface area contributed by atoms with Crippen LogP contribution in [0.25, 0.3) is 0 Å². The van der Waals surface area contributed by atoms with Gasteiger partial charge in [-0.3, -0.25) is 0 Å². The number of hydrogen-bond donors (Lipinski definition) is 3. The molecule has 3 nitrogen and oxygen atoms in total. The average Bonchev–Trinajstić information content (AvgIpc) is 3.06. The van der Waals surface area contributed by atoms with E-state index in [9.17, 15) is 28.5 Å². The standard InChI is InChI=1S/C27H41F3O3/c1-17(7-5-14-26(4,33)27(28,29)30)22-11-12-23-19(8-6-13-25(22,23)3)9-10-20-15-21(31)16-24(32)18(20)2/h9-10,17,21-24,31-33H,2,5-8,11-16H2,1,3-4H3/b19-9?,20-10-/t17-,21-,22-,23?,24-,25-,26-/m1/s1. The molecule has 7 atom stereocenters. The third kappa shape index (κ3) is 5.59. The van der Waals surface area contributed by atoms with Gasteiger partial charge in [0.2, 0.25) is 0 Å². The minimum atomic E-state index is -4.59. The van der Waals surface area contributed by atoms with Crippen molar-refractivity contribution in [2.24, 2.45) is 23.2 Å². The Morgan fingerprint density at radius 3 is 2.58 bits per heavy atom. The molecule has 3 rings (SSSR count). The number of alkyl halides is 3. The summed E-state index contributed by atoms with van der Waals surface area (Å²) < 4.78 is 38.9. The summed E-state index contributed by atoms with van der Waals surface area (Å²) in [6.45, 7) is 9.39. The first-order valence-electron chi connectivity index (χ1n) is 12.5. The Morgan fingerprint density at radius 1 is 1.21 bits per heavy atom. The second kappa shape index (κ2) is 9.87. The minimum Gasteiger partial charge on any atom is -0.393 e. The summed E-state index contributed by atoms with van der Waals surface area (Å²) in [6, 6.07) is 0. The molecular formula is C27H41F3O3. The molecule has 0 saturated heterocycles. The number of allylic oxidation sites excluding steroid dienone is 3. The van der Waals surface area contributed by atoms with Gasteiger partial charge in [-0.25, -0.2) is 0 Å². The fraction of sp³-hybridized carbons (Fsp3) is 0.778. The third-order valence-electron chi connectivity index (χ3n) is 8.92. The van der Waals surface area contributed by atoms with Crippen LogP contribution in [-0.4, -0.2) is 39.3 Å². The summed E-state index contributed by atoms with van der Waals surface area (Å²) in [7, 11) is 0. The lowest BCUT2D eigenvalue weighted by Crippen LogP contribution is -2.42. The Bertz CT molecular complexity index is 782. The van der Waals surface area contributed by atoms with Gasteiger partial charge in [-0.05, 0) is 92.6 Å². The first-order valence-corrected chi connectivity index (χ1v) is 12.5. The van der Waals surface area contributed by atoms with Crippen molar-refractivity contribution in [3.63, 3.8) is 0 Å². The maximum absolute atomic E-state index is 13.0. The average molecular weight is 471 g/mol. The molecule has 0 spiro atoms. The summed E-state index contributed by atoms with van der Waals surface area (Å²) in [6.07, 6.45) is 5.49. The number of fused-ring (bicyclic) bond motifs is 1. The van der Waals surface area contributed by atoms with Crippen LogP contribution in [0.3, 0.4) is 0 Å². The van der Waals surface area contributed by atoms with Gasteiger partial charge in [0.25, 0.3) is 0 Å². The summed E-state index contributed by atoms with van der Waals surface area (Å²) in [4.78, 5) is 0. The fourth-order valence-corrected chi connectivity index (χ4v) is 6.79. The molecule has 1 unspecified atom stereocenters. The van der Waals surface area contributed by atoms with Gasteiger partial charge in [-0.15, -0.1) is 0 Å². The number of rotatable bonds is 6. The molecule has 0 aromatic heterocycles. The highest BCUT2D eigenvalue weighted by molar-refractivity contribution is 5.38. The molecule has 6 heteroatoms. The highest BCUT2D eigenvalue weighted by Gasteiger charge is 2.51. The monoisotopic (exact) mass is 470 g/mol. The Morgan fingerprint density at radius 2 is 1.91 bits per heavy atom. The number of halogens is 3. The first-order chi connectivity index (χ1) is 15.3. The Balaban J connectivity index is 1.67. The van der Waals surface area contributed by atoms with E-state index in [1.54, 1.807) is 0 Å². The quantitative estimate of drug-likeness (QED) is 0.430. The van der Waals surface area contributed by atoms with Gasteiger partial charge in [-0.2, -0.15) is 13.2 Å². The summed E-state index contributed by atoms with van der Waals surface area (Å²) in [5.41, 5.74) is 0.544. The normalized spacial score (nSPS) is 38.4. The molecule has 0 aromatic carbocycles. The lowest BCUT2D eigenvalue weighted by molar-refractivity contribution is -0.255. The molecule has 0 heterocycles. The fourth-order valence-electron chi connectivity index (χ4n) is 6.79. The van der Waals surface area contributed by atoms with E-state index in [0.717, 1.165) is 44.6 Å². The van der Waals surface area contributed by atoms with Crippen molar-refractivity contribution >= 4 is 0 Å². The van der Waals surface area contributed by atoms with E-state index < -0.39 is 24.0 Å². The number of aliphatic hydroxyl groups is 3. The molecule has 3 N–H and O–H groups in total. The van der Waals surface area contributed by atoms with E-state index >= 15 is 0 Å². The zero-order chi connectivity index (χ0) is 24.6. The van der Waals surface area contributed by atoms with Crippen LogP contribution in [-0.2, 0) is 0 Å². The van der Waals surface area contributed by atoms with Gasteiger partial charge in [0.1, 0.15) is 0 Å². The minimum absolute atomic E-state index is 0.136. The number of hydrogen-bond acceptors (Lipinski definition) is 3. The summed E-state index contributed by atoms with van der Waals surface area (Å²) in [5, 5.41) is 29.9. The molecule has 0 radical (unpaired) electrons. The Kier molecular flexibility index (Phi) is 7.92. The van der Waals surface area contributed by atoms with Crippen LogP contribution >= 0.6 is 0 Å². The topological polar surface area (TPSA) is 60.7 Å². The second-order valence-corrected chi connectivity index (χ2v) is 11.3. The molecular weight excluding hydrogens is 429 g/mol. The molecule has 33 heavy (non-hydrogen) atoms. The van der Waals surface area contributed by atoms with Crippen LogP contribution < -0.4 is 0 Å². The molecule has 0 bridgehead atoms. The van der Waals surface area contributed by atoms with E-state index in [0.29, 0.717) is 49.0 Å². The lowest BCUT2D eigenvalue weighted by Gasteiger charge is -2.44. The van der Waals surface area contributed by atoms with Gasteiger partial charge in [0.05, 0.1) is 12.2 Å². The van der Waals surface area contributed by atoms with Gasteiger partial charge in [-0.1, -0.05) is 44.6 Å². The van der Waals surface area contributed by atoms with Crippen LogP contribution in [0.15, 0.2) is 35.5 Å². The van der Waals surface area contributed by atoms with Crippen LogP contribution in [0.1, 0.15) is 85.0 Å². The van der Waals surface area contributed by atoms with E-state index in [1.807, 2.05) is 6.08 Å². The molecule has 3 aliphatic rings. The van der Waals surface area contributed by atoms with Crippen molar-refractivity contribution in [3.8, 4) is 0 Å². The molecule has 0 amide bonds. The smallest absolute Gasteiger partial charge is 0.393 e. The summed E-state index contributed by atoms with van der Waals surface area (Å²) in [5.74, 6) is 1.23. The van der Waals surface area contributed by atoms with Crippen LogP contribution in [0.2, 0.25) is 0 Å². The van der Waals surface area contributed by atoms with Crippen LogP contribution in [0, 0.1) is 23.2 Å². The third-order valence-corrected chi connectivity index (χ3v) is 8.92. The lowest BCUT2D eigenvalue weighted by atomic mass is 9.60. The molecule has 0 aliphatic heterocycles. The molecule has 188 valence electrons. The molecule has 3 fully saturated rings. The van der Waals surface area contributed by atoms with E-state index in [2.05, 4.69) is 26.5 Å². The van der Waals surface area contributed by atoms with Gasteiger partial charge in [0, 0.05) is 6.42 Å². The largest absolute Gasteiger partial charge is 0.416 e. The highest BCUT2D eigenvalue weighted by Crippen LogP contribution is 2.60. The van der Waals surface area contributed by atoms with Crippen molar-refractivity contribution in [2.75, 3.05) is 0 Å². The van der Waals surface area contributed by atoms with E-state index in [4.69, 9.17) is 0 Å². The van der Waals surface area contributed by atoms with Gasteiger partial charge < -0.3 is 15.3 Å². The SMILES string of the molecule is C=C1/C(=C\C=C2CCC[C@@]3(C)C2CC[C@@H]3[C@H](C)CCC[C@@](C)(O)C(F)(F)F)C[C@@H](O)C[C@H]1O. The van der Waals surface area contributed by atoms with E-state index in [1.165, 1.54) is 5.57 Å². The predicted octanol–water partition coefficient (Wildman–Crippen LogP) is 6.25. The Labute approximate surface area is 196 Å². The molecule has 3 saturated carbocycles. The maximum Gasteiger partial charge on any atom is 0.416 e. The van der Waals surface area contributed by atoms with Crippen LogP contribution in [0.4, 0.5) is 13.2 Å². The van der Waals surface area contributed by atoms with Gasteiger partial charge in [0.15, 0.2) is 5.60 Å². The van der Waals surface area contributed by atoms with Crippen molar-refractivity contribution in [2.45, 2.75) is 109 Å². The van der Waals surface area contributed by atoms with Crippen molar-refractivity contribution in [3.05, 3.63) is 35.5 Å². The maximum atomic E-state index is 13.0. The zero-order valence-corrected chi connectivity index (χ0v) is 20.3. The molecule has 0 aromatic rings. The second-order valence-electron chi connectivity index (χ2n) is 11.3. The first kappa shape index (κ1) is 26.5.